The second kappa shape index (κ2) is 7.11. The number of benzene rings is 2. The molecular formula is C19H24ClN. The summed E-state index contributed by atoms with van der Waals surface area (Å²) in [6.07, 6.45) is 1.12. The van der Waals surface area contributed by atoms with Crippen molar-refractivity contribution in [2.24, 2.45) is 0 Å². The molecule has 2 heteroatoms. The summed E-state index contributed by atoms with van der Waals surface area (Å²) in [5.41, 5.74) is 2.62. The van der Waals surface area contributed by atoms with Crippen LogP contribution < -0.4 is 5.32 Å². The SMILES string of the molecule is CCCNC(c1ccc(Cl)cc1)C(C)(C)c1ccccc1. The van der Waals surface area contributed by atoms with Gasteiger partial charge in [-0.2, -0.15) is 0 Å². The molecule has 0 aliphatic carbocycles. The van der Waals surface area contributed by atoms with E-state index in [0.29, 0.717) is 0 Å². The van der Waals surface area contributed by atoms with E-state index < -0.39 is 0 Å². The second-order valence-electron chi connectivity index (χ2n) is 6.03. The fourth-order valence-corrected chi connectivity index (χ4v) is 2.89. The highest BCUT2D eigenvalue weighted by Crippen LogP contribution is 2.37. The Kier molecular flexibility index (Phi) is 5.44. The van der Waals surface area contributed by atoms with Crippen LogP contribution in [-0.2, 0) is 5.41 Å². The quantitative estimate of drug-likeness (QED) is 0.757. The van der Waals surface area contributed by atoms with Crippen LogP contribution in [0, 0.1) is 0 Å². The fraction of sp³-hybridized carbons (Fsp3) is 0.368. The zero-order chi connectivity index (χ0) is 15.3. The molecule has 0 fully saturated rings. The summed E-state index contributed by atoms with van der Waals surface area (Å²) >= 11 is 6.03. The molecule has 1 N–H and O–H groups in total. The van der Waals surface area contributed by atoms with E-state index in [1.165, 1.54) is 11.1 Å². The van der Waals surface area contributed by atoms with Gasteiger partial charge in [-0.1, -0.05) is 74.8 Å². The number of rotatable bonds is 6. The van der Waals surface area contributed by atoms with E-state index in [1.807, 2.05) is 12.1 Å². The Hall–Kier alpha value is -1.31. The van der Waals surface area contributed by atoms with Crippen molar-refractivity contribution >= 4 is 11.6 Å². The summed E-state index contributed by atoms with van der Waals surface area (Å²) in [6.45, 7) is 7.79. The molecule has 0 saturated carbocycles. The third kappa shape index (κ3) is 3.87. The molecule has 0 bridgehead atoms. The van der Waals surface area contributed by atoms with Crippen LogP contribution in [0.2, 0.25) is 5.02 Å². The van der Waals surface area contributed by atoms with Gasteiger partial charge in [0.25, 0.3) is 0 Å². The van der Waals surface area contributed by atoms with Crippen LogP contribution in [0.3, 0.4) is 0 Å². The van der Waals surface area contributed by atoms with Gasteiger partial charge in [-0.25, -0.2) is 0 Å². The molecule has 1 nitrogen and oxygen atoms in total. The molecule has 2 aromatic carbocycles. The van der Waals surface area contributed by atoms with Gasteiger partial charge in [-0.05, 0) is 36.2 Å². The lowest BCUT2D eigenvalue weighted by molar-refractivity contribution is 0.348. The van der Waals surface area contributed by atoms with Gasteiger partial charge in [0.05, 0.1) is 0 Å². The molecule has 0 aliphatic heterocycles. The smallest absolute Gasteiger partial charge is 0.0412 e. The van der Waals surface area contributed by atoms with Crippen molar-refractivity contribution < 1.29 is 0 Å². The Morgan fingerprint density at radius 3 is 2.19 bits per heavy atom. The summed E-state index contributed by atoms with van der Waals surface area (Å²) in [4.78, 5) is 0. The minimum Gasteiger partial charge on any atom is -0.309 e. The second-order valence-corrected chi connectivity index (χ2v) is 6.46. The van der Waals surface area contributed by atoms with Crippen molar-refractivity contribution in [3.05, 3.63) is 70.7 Å². The highest BCUT2D eigenvalue weighted by Gasteiger charge is 2.31. The van der Waals surface area contributed by atoms with Crippen molar-refractivity contribution in [3.63, 3.8) is 0 Å². The lowest BCUT2D eigenvalue weighted by atomic mass is 9.75. The van der Waals surface area contributed by atoms with Gasteiger partial charge in [-0.15, -0.1) is 0 Å². The van der Waals surface area contributed by atoms with E-state index in [4.69, 9.17) is 11.6 Å². The Morgan fingerprint density at radius 2 is 1.62 bits per heavy atom. The summed E-state index contributed by atoms with van der Waals surface area (Å²) in [6, 6.07) is 19.1. The monoisotopic (exact) mass is 301 g/mol. The molecule has 112 valence electrons. The predicted molar refractivity (Wildman–Crippen MR) is 92.0 cm³/mol. The van der Waals surface area contributed by atoms with Crippen molar-refractivity contribution in [1.29, 1.82) is 0 Å². The summed E-state index contributed by atoms with van der Waals surface area (Å²) in [5.74, 6) is 0. The lowest BCUT2D eigenvalue weighted by Crippen LogP contribution is -2.37. The Labute approximate surface area is 133 Å². The van der Waals surface area contributed by atoms with Crippen LogP contribution in [0.5, 0.6) is 0 Å². The first-order valence-electron chi connectivity index (χ1n) is 7.60. The van der Waals surface area contributed by atoms with E-state index in [1.54, 1.807) is 0 Å². The van der Waals surface area contributed by atoms with E-state index >= 15 is 0 Å². The van der Waals surface area contributed by atoms with Crippen LogP contribution in [0.4, 0.5) is 0 Å². The van der Waals surface area contributed by atoms with E-state index in [9.17, 15) is 0 Å². The van der Waals surface area contributed by atoms with E-state index in [-0.39, 0.29) is 11.5 Å². The van der Waals surface area contributed by atoms with Gasteiger partial charge < -0.3 is 5.32 Å². The lowest BCUT2D eigenvalue weighted by Gasteiger charge is -2.36. The number of hydrogen-bond acceptors (Lipinski definition) is 1. The highest BCUT2D eigenvalue weighted by molar-refractivity contribution is 6.30. The van der Waals surface area contributed by atoms with Crippen LogP contribution in [0.25, 0.3) is 0 Å². The maximum Gasteiger partial charge on any atom is 0.0412 e. The third-order valence-corrected chi connectivity index (χ3v) is 4.29. The molecule has 0 saturated heterocycles. The molecule has 0 aliphatic rings. The molecule has 1 unspecified atom stereocenters. The largest absolute Gasteiger partial charge is 0.309 e. The Morgan fingerprint density at radius 1 is 1.00 bits per heavy atom. The summed E-state index contributed by atoms with van der Waals surface area (Å²) in [5, 5.41) is 4.48. The topological polar surface area (TPSA) is 12.0 Å². The summed E-state index contributed by atoms with van der Waals surface area (Å²) < 4.78 is 0. The zero-order valence-corrected chi connectivity index (χ0v) is 13.8. The van der Waals surface area contributed by atoms with E-state index in [2.05, 4.69) is 68.6 Å². The molecule has 21 heavy (non-hydrogen) atoms. The maximum absolute atomic E-state index is 6.03. The van der Waals surface area contributed by atoms with Crippen LogP contribution in [0.1, 0.15) is 44.4 Å². The van der Waals surface area contributed by atoms with Gasteiger partial charge in [0.2, 0.25) is 0 Å². The number of halogens is 1. The molecule has 0 amide bonds. The fourth-order valence-electron chi connectivity index (χ4n) is 2.77. The van der Waals surface area contributed by atoms with Crippen LogP contribution >= 0.6 is 11.6 Å². The molecule has 0 radical (unpaired) electrons. The van der Waals surface area contributed by atoms with Crippen molar-refractivity contribution in [1.82, 2.24) is 5.32 Å². The number of nitrogens with one attached hydrogen (secondary N) is 1. The minimum absolute atomic E-state index is 0.00423. The first-order valence-corrected chi connectivity index (χ1v) is 7.98. The zero-order valence-electron chi connectivity index (χ0n) is 13.1. The molecular weight excluding hydrogens is 278 g/mol. The van der Waals surface area contributed by atoms with E-state index in [0.717, 1.165) is 18.0 Å². The van der Waals surface area contributed by atoms with Gasteiger partial charge in [0.15, 0.2) is 0 Å². The normalized spacial score (nSPS) is 13.1. The predicted octanol–water partition coefficient (Wildman–Crippen LogP) is 5.36. The first kappa shape index (κ1) is 16.1. The maximum atomic E-state index is 6.03. The molecule has 2 rings (SSSR count). The molecule has 0 aromatic heterocycles. The number of hydrogen-bond donors (Lipinski definition) is 1. The standard InChI is InChI=1S/C19H24ClN/c1-4-14-21-18(15-10-12-17(20)13-11-15)19(2,3)16-8-6-5-7-9-16/h5-13,18,21H,4,14H2,1-3H3. The van der Waals surface area contributed by atoms with Crippen molar-refractivity contribution in [2.75, 3.05) is 6.54 Å². The molecule has 0 spiro atoms. The first-order chi connectivity index (χ1) is 10.1. The van der Waals surface area contributed by atoms with Gasteiger partial charge >= 0.3 is 0 Å². The average molecular weight is 302 g/mol. The van der Waals surface area contributed by atoms with Gasteiger partial charge in [0.1, 0.15) is 0 Å². The molecule has 1 atom stereocenters. The van der Waals surface area contributed by atoms with Gasteiger partial charge in [-0.3, -0.25) is 0 Å². The van der Waals surface area contributed by atoms with Crippen LogP contribution in [0.15, 0.2) is 54.6 Å². The van der Waals surface area contributed by atoms with Crippen molar-refractivity contribution in [2.45, 2.75) is 38.6 Å². The highest BCUT2D eigenvalue weighted by atomic mass is 35.5. The Balaban J connectivity index is 2.37. The molecule has 2 aromatic rings. The average Bonchev–Trinajstić information content (AvgIpc) is 2.50. The molecule has 0 heterocycles. The minimum atomic E-state index is 0.00423. The summed E-state index contributed by atoms with van der Waals surface area (Å²) in [7, 11) is 0. The van der Waals surface area contributed by atoms with Crippen molar-refractivity contribution in [3.8, 4) is 0 Å². The Bertz CT molecular complexity index is 546. The third-order valence-electron chi connectivity index (χ3n) is 4.04. The van der Waals surface area contributed by atoms with Crippen LogP contribution in [-0.4, -0.2) is 6.54 Å². The van der Waals surface area contributed by atoms with Gasteiger partial charge in [0, 0.05) is 16.5 Å².